The van der Waals surface area contributed by atoms with Gasteiger partial charge in [-0.05, 0) is 26.2 Å². The fraction of sp³-hybridized carbons (Fsp3) is 0.615. The van der Waals surface area contributed by atoms with Crippen LogP contribution in [-0.4, -0.2) is 36.2 Å². The van der Waals surface area contributed by atoms with Crippen LogP contribution in [-0.2, 0) is 23.9 Å². The lowest BCUT2D eigenvalue weighted by molar-refractivity contribution is -0.145. The molecular weight excluding hydrogens is 266 g/mol. The Morgan fingerprint density at radius 1 is 1.00 bits per heavy atom. The van der Waals surface area contributed by atoms with Gasteiger partial charge in [0.1, 0.15) is 0 Å². The van der Waals surface area contributed by atoms with Crippen molar-refractivity contribution in [1.82, 2.24) is 6.15 Å². The summed E-state index contributed by atoms with van der Waals surface area (Å²) in [6.45, 7) is 2.28. The third-order valence-corrected chi connectivity index (χ3v) is 2.12. The van der Waals surface area contributed by atoms with E-state index in [4.69, 9.17) is 14.6 Å². The van der Waals surface area contributed by atoms with E-state index in [1.165, 1.54) is 6.08 Å². The molecule has 0 aliphatic heterocycles. The molecule has 0 radical (unpaired) electrons. The Bertz CT molecular complexity index is 327. The normalized spacial score (nSPS) is 9.85. The highest BCUT2D eigenvalue weighted by Gasteiger charge is 2.04. The van der Waals surface area contributed by atoms with Crippen LogP contribution < -0.4 is 6.15 Å². The molecule has 0 aromatic carbocycles. The number of carboxylic acid groups (broad SMARTS) is 1. The second-order valence-corrected chi connectivity index (χ2v) is 3.84. The highest BCUT2D eigenvalue weighted by molar-refractivity contribution is 5.81. The van der Waals surface area contributed by atoms with Gasteiger partial charge in [0.05, 0.1) is 13.2 Å². The van der Waals surface area contributed by atoms with Crippen LogP contribution in [0.2, 0.25) is 0 Å². The molecule has 0 unspecified atom stereocenters. The van der Waals surface area contributed by atoms with Crippen molar-refractivity contribution >= 4 is 17.9 Å². The van der Waals surface area contributed by atoms with Crippen LogP contribution in [0.25, 0.3) is 0 Å². The molecule has 0 rings (SSSR count). The van der Waals surface area contributed by atoms with E-state index in [0.717, 1.165) is 0 Å². The van der Waals surface area contributed by atoms with Crippen molar-refractivity contribution in [2.24, 2.45) is 0 Å². The smallest absolute Gasteiger partial charge is 0.330 e. The zero-order valence-electron chi connectivity index (χ0n) is 11.8. The lowest BCUT2D eigenvalue weighted by atomic mass is 10.2. The van der Waals surface area contributed by atoms with E-state index in [9.17, 15) is 14.4 Å². The van der Waals surface area contributed by atoms with Gasteiger partial charge in [0.25, 0.3) is 0 Å². The maximum atomic E-state index is 11.1. The van der Waals surface area contributed by atoms with E-state index < -0.39 is 11.9 Å². The zero-order chi connectivity index (χ0) is 14.5. The molecular formula is C13H23NO6. The summed E-state index contributed by atoms with van der Waals surface area (Å²) in [5, 5.41) is 8.38. The Kier molecular flexibility index (Phi) is 13.8. The Labute approximate surface area is 118 Å². The molecule has 0 amide bonds. The second-order valence-electron chi connectivity index (χ2n) is 3.84. The number of allylic oxidation sites excluding steroid dienone is 1. The molecule has 0 saturated carbocycles. The maximum Gasteiger partial charge on any atom is 0.330 e. The maximum absolute atomic E-state index is 11.1. The third-order valence-electron chi connectivity index (χ3n) is 2.12. The minimum atomic E-state index is -0.921. The lowest BCUT2D eigenvalue weighted by Crippen LogP contribution is -2.08. The molecule has 0 spiro atoms. The number of hydrogen-bond donors (Lipinski definition) is 2. The van der Waals surface area contributed by atoms with E-state index in [-0.39, 0.29) is 38.0 Å². The Hall–Kier alpha value is -1.89. The minimum absolute atomic E-state index is 0. The summed E-state index contributed by atoms with van der Waals surface area (Å²) in [6.07, 6.45) is 4.52. The van der Waals surface area contributed by atoms with Crippen LogP contribution in [0, 0.1) is 0 Å². The molecule has 0 heterocycles. The molecule has 0 saturated heterocycles. The number of hydrogen-bond acceptors (Lipinski definition) is 6. The Morgan fingerprint density at radius 2 is 1.60 bits per heavy atom. The van der Waals surface area contributed by atoms with E-state index in [2.05, 4.69) is 0 Å². The first-order chi connectivity index (χ1) is 9.06. The molecule has 0 bridgehead atoms. The average Bonchev–Trinajstić information content (AvgIpc) is 2.33. The van der Waals surface area contributed by atoms with Gasteiger partial charge in [0.2, 0.25) is 0 Å². The van der Waals surface area contributed by atoms with Crippen molar-refractivity contribution in [2.45, 2.75) is 39.0 Å². The van der Waals surface area contributed by atoms with Gasteiger partial charge in [-0.1, -0.05) is 6.08 Å². The minimum Gasteiger partial charge on any atom is -0.481 e. The molecule has 116 valence electrons. The van der Waals surface area contributed by atoms with Gasteiger partial charge in [-0.3, -0.25) is 9.59 Å². The first-order valence-electron chi connectivity index (χ1n) is 6.23. The van der Waals surface area contributed by atoms with Crippen molar-refractivity contribution in [2.75, 3.05) is 13.2 Å². The summed E-state index contributed by atoms with van der Waals surface area (Å²) in [5.74, 6) is -1.70. The summed E-state index contributed by atoms with van der Waals surface area (Å²) in [4.78, 5) is 32.3. The van der Waals surface area contributed by atoms with E-state index in [0.29, 0.717) is 19.4 Å². The van der Waals surface area contributed by atoms with Gasteiger partial charge in [-0.15, -0.1) is 0 Å². The van der Waals surface area contributed by atoms with E-state index in [1.807, 2.05) is 0 Å². The number of carbonyl (C=O) groups is 3. The number of carbonyl (C=O) groups excluding carboxylic acids is 2. The van der Waals surface area contributed by atoms with Crippen molar-refractivity contribution < 1.29 is 29.0 Å². The van der Waals surface area contributed by atoms with Gasteiger partial charge in [-0.25, -0.2) is 4.79 Å². The predicted octanol–water partition coefficient (Wildman–Crippen LogP) is 1.85. The molecule has 0 fully saturated rings. The fourth-order valence-corrected chi connectivity index (χ4v) is 1.20. The van der Waals surface area contributed by atoms with Gasteiger partial charge >= 0.3 is 17.9 Å². The predicted molar refractivity (Wildman–Crippen MR) is 72.5 cm³/mol. The number of unbranched alkanes of at least 4 members (excludes halogenated alkanes) is 1. The van der Waals surface area contributed by atoms with Crippen molar-refractivity contribution in [3.63, 3.8) is 0 Å². The number of esters is 2. The molecule has 7 heteroatoms. The molecule has 0 aromatic rings. The topological polar surface area (TPSA) is 125 Å². The third kappa shape index (κ3) is 14.2. The highest BCUT2D eigenvalue weighted by atomic mass is 16.5. The van der Waals surface area contributed by atoms with E-state index in [1.54, 1.807) is 13.0 Å². The summed E-state index contributed by atoms with van der Waals surface area (Å²) in [6, 6.07) is 0. The van der Waals surface area contributed by atoms with Crippen LogP contribution in [0.15, 0.2) is 12.2 Å². The van der Waals surface area contributed by atoms with Gasteiger partial charge in [0.15, 0.2) is 0 Å². The number of ether oxygens (including phenoxy) is 2. The number of aliphatic carboxylic acids is 1. The first kappa shape index (κ1) is 20.4. The quantitative estimate of drug-likeness (QED) is 0.357. The molecule has 0 aromatic heterocycles. The van der Waals surface area contributed by atoms with Crippen LogP contribution in [0.5, 0.6) is 0 Å². The lowest BCUT2D eigenvalue weighted by Gasteiger charge is -2.04. The van der Waals surface area contributed by atoms with Crippen molar-refractivity contribution in [1.29, 1.82) is 0 Å². The van der Waals surface area contributed by atoms with Crippen LogP contribution in [0.1, 0.15) is 39.0 Å². The largest absolute Gasteiger partial charge is 0.481 e. The summed E-state index contributed by atoms with van der Waals surface area (Å²) in [5.41, 5.74) is 0. The average molecular weight is 289 g/mol. The zero-order valence-corrected chi connectivity index (χ0v) is 11.8. The standard InChI is InChI=1S/C13H20O6.H3N/c1-2-6-12(16)18-9-3-4-10-19-13(17)8-5-7-11(14)15;/h2,6H,3-5,7-10H2,1H3,(H,14,15);1H3. The molecule has 0 aliphatic carbocycles. The Morgan fingerprint density at radius 3 is 2.15 bits per heavy atom. The van der Waals surface area contributed by atoms with Crippen LogP contribution in [0.3, 0.4) is 0 Å². The summed E-state index contributed by atoms with van der Waals surface area (Å²) >= 11 is 0. The van der Waals surface area contributed by atoms with Crippen LogP contribution >= 0.6 is 0 Å². The number of rotatable bonds is 10. The number of carboxylic acids is 1. The van der Waals surface area contributed by atoms with Crippen LogP contribution in [0.4, 0.5) is 0 Å². The highest BCUT2D eigenvalue weighted by Crippen LogP contribution is 1.99. The Balaban J connectivity index is 0. The molecule has 7 nitrogen and oxygen atoms in total. The summed E-state index contributed by atoms with van der Waals surface area (Å²) in [7, 11) is 0. The molecule has 4 N–H and O–H groups in total. The molecule has 0 aliphatic rings. The molecule has 20 heavy (non-hydrogen) atoms. The van der Waals surface area contributed by atoms with Crippen molar-refractivity contribution in [3.05, 3.63) is 12.2 Å². The molecule has 0 atom stereocenters. The first-order valence-corrected chi connectivity index (χ1v) is 6.23. The SMILES string of the molecule is CC=CC(=O)OCCCCOC(=O)CCCC(=O)O.N. The fourth-order valence-electron chi connectivity index (χ4n) is 1.20. The second kappa shape index (κ2) is 13.5. The van der Waals surface area contributed by atoms with E-state index >= 15 is 0 Å². The summed E-state index contributed by atoms with van der Waals surface area (Å²) < 4.78 is 9.74. The van der Waals surface area contributed by atoms with Gasteiger partial charge < -0.3 is 20.7 Å². The van der Waals surface area contributed by atoms with Gasteiger partial charge in [-0.2, -0.15) is 0 Å². The monoisotopic (exact) mass is 289 g/mol. The van der Waals surface area contributed by atoms with Gasteiger partial charge in [0, 0.05) is 18.9 Å². The van der Waals surface area contributed by atoms with Crippen molar-refractivity contribution in [3.8, 4) is 0 Å².